The molecule has 3 aromatic rings. The van der Waals surface area contributed by atoms with Crippen LogP contribution in [-0.2, 0) is 10.2 Å². The molecule has 1 aliphatic heterocycles. The number of benzene rings is 3. The van der Waals surface area contributed by atoms with Crippen molar-refractivity contribution >= 4 is 10.8 Å². The molecule has 3 aromatic carbocycles. The van der Waals surface area contributed by atoms with Gasteiger partial charge in [-0.1, -0.05) is 30.7 Å². The summed E-state index contributed by atoms with van der Waals surface area (Å²) in [6.45, 7) is -0.735. The van der Waals surface area contributed by atoms with Crippen LogP contribution in [0, 0.1) is 11.8 Å². The Morgan fingerprint density at radius 2 is 1.79 bits per heavy atom. The molecule has 7 rings (SSSR count). The Kier molecular flexibility index (Phi) is 2.92. The summed E-state index contributed by atoms with van der Waals surface area (Å²) >= 11 is 0. The molecule has 0 aromatic heterocycles. The molecule has 4 aliphatic rings. The molecule has 4 atom stereocenters. The topological polar surface area (TPSA) is 47.9 Å². The van der Waals surface area contributed by atoms with E-state index in [0.717, 1.165) is 16.7 Å². The van der Waals surface area contributed by atoms with E-state index >= 15 is 0 Å². The molecule has 1 spiro atoms. The zero-order chi connectivity index (χ0) is 19.3. The van der Waals surface area contributed by atoms with Crippen LogP contribution in [0.4, 0.5) is 0 Å². The summed E-state index contributed by atoms with van der Waals surface area (Å²) in [4.78, 5) is 0. The Hall–Kier alpha value is -2.72. The molecule has 0 amide bonds. The Morgan fingerprint density at radius 3 is 2.52 bits per heavy atom. The lowest BCUT2D eigenvalue weighted by Crippen LogP contribution is -2.31. The maximum Gasteiger partial charge on any atom is 0.360 e. The number of methoxy groups -OCH3 is 1. The van der Waals surface area contributed by atoms with E-state index in [-0.39, 0.29) is 5.41 Å². The van der Waals surface area contributed by atoms with Gasteiger partial charge in [0.1, 0.15) is 5.75 Å². The summed E-state index contributed by atoms with van der Waals surface area (Å²) in [6, 6.07) is 14.8. The minimum absolute atomic E-state index is 0.0476. The van der Waals surface area contributed by atoms with E-state index < -0.39 is 6.48 Å². The second-order valence-electron chi connectivity index (χ2n) is 9.02. The molecule has 1 N–H and O–H groups in total. The molecular weight excluding hydrogens is 364 g/mol. The van der Waals surface area contributed by atoms with Crippen LogP contribution in [0.2, 0.25) is 0 Å². The summed E-state index contributed by atoms with van der Waals surface area (Å²) in [5.74, 6) is 3.07. The van der Waals surface area contributed by atoms with Crippen LogP contribution < -0.4 is 9.47 Å². The first kappa shape index (κ1) is 16.1. The molecule has 4 unspecified atom stereocenters. The van der Waals surface area contributed by atoms with E-state index in [4.69, 9.17) is 14.2 Å². The van der Waals surface area contributed by atoms with Crippen molar-refractivity contribution in [3.63, 3.8) is 0 Å². The van der Waals surface area contributed by atoms with Crippen molar-refractivity contribution in [2.24, 2.45) is 11.8 Å². The molecule has 0 saturated heterocycles. The number of hydrogen-bond acceptors (Lipinski definition) is 4. The number of phenolic OH excluding ortho intramolecular Hbond substituents is 1. The number of rotatable bonds is 1. The summed E-state index contributed by atoms with van der Waals surface area (Å²) in [6.07, 6.45) is 5.14. The molecule has 4 heteroatoms. The van der Waals surface area contributed by atoms with E-state index in [1.807, 2.05) is 18.2 Å². The predicted molar refractivity (Wildman–Crippen MR) is 109 cm³/mol. The molecular formula is C25H22O4. The number of phenols is 1. The van der Waals surface area contributed by atoms with E-state index in [1.165, 1.54) is 47.9 Å². The van der Waals surface area contributed by atoms with Gasteiger partial charge in [0.05, 0.1) is 0 Å². The zero-order valence-corrected chi connectivity index (χ0v) is 16.3. The van der Waals surface area contributed by atoms with Gasteiger partial charge >= 0.3 is 6.48 Å². The molecule has 0 radical (unpaired) electrons. The second kappa shape index (κ2) is 5.25. The third-order valence-corrected chi connectivity index (χ3v) is 7.82. The Morgan fingerprint density at radius 1 is 1.00 bits per heavy atom. The number of aromatic hydroxyl groups is 1. The average Bonchev–Trinajstić information content (AvgIpc) is 3.50. The Balaban J connectivity index is 1.56. The van der Waals surface area contributed by atoms with E-state index in [0.29, 0.717) is 23.2 Å². The fourth-order valence-corrected chi connectivity index (χ4v) is 6.79. The fourth-order valence-electron chi connectivity index (χ4n) is 6.79. The minimum atomic E-state index is -0.735. The van der Waals surface area contributed by atoms with Crippen molar-refractivity contribution in [1.82, 2.24) is 0 Å². The van der Waals surface area contributed by atoms with Gasteiger partial charge in [-0.05, 0) is 76.9 Å². The van der Waals surface area contributed by atoms with Gasteiger partial charge in [-0.3, -0.25) is 0 Å². The summed E-state index contributed by atoms with van der Waals surface area (Å²) in [5, 5.41) is 12.9. The van der Waals surface area contributed by atoms with Crippen molar-refractivity contribution in [2.75, 3.05) is 7.11 Å². The van der Waals surface area contributed by atoms with Crippen LogP contribution >= 0.6 is 0 Å². The highest BCUT2D eigenvalue weighted by molar-refractivity contribution is 6.06. The van der Waals surface area contributed by atoms with E-state index in [1.54, 1.807) is 7.11 Å². The molecule has 2 saturated carbocycles. The van der Waals surface area contributed by atoms with Crippen molar-refractivity contribution in [3.05, 3.63) is 53.6 Å². The van der Waals surface area contributed by atoms with Gasteiger partial charge in [0.2, 0.25) is 0 Å². The van der Waals surface area contributed by atoms with E-state index in [9.17, 15) is 5.11 Å². The standard InChI is InChI=1S/C25H22O4/c1-27-24-28-21-9-16-17(10-22(21)29-24)23-15-4-2-3-5-18(15)25(19(23)11-20(16)26)12-13-6-7-14(25)8-13/h2-5,9-11,13-14,24,26H,6-8,12H2,1H3. The van der Waals surface area contributed by atoms with E-state index in [2.05, 4.69) is 24.3 Å². The normalized spacial score (nSPS) is 30.3. The molecule has 1 heterocycles. The highest BCUT2D eigenvalue weighted by atomic mass is 16.9. The Bertz CT molecular complexity index is 1200. The van der Waals surface area contributed by atoms with Gasteiger partial charge in [0, 0.05) is 17.9 Å². The van der Waals surface area contributed by atoms with Crippen molar-refractivity contribution in [3.8, 4) is 28.4 Å². The van der Waals surface area contributed by atoms with Crippen LogP contribution in [0.1, 0.15) is 36.8 Å². The first-order chi connectivity index (χ1) is 14.2. The third kappa shape index (κ3) is 1.84. The highest BCUT2D eigenvalue weighted by Crippen LogP contribution is 2.67. The molecule has 29 heavy (non-hydrogen) atoms. The third-order valence-electron chi connectivity index (χ3n) is 7.82. The molecule has 4 nitrogen and oxygen atoms in total. The SMILES string of the molecule is COC1Oc2cc3c(O)cc4c(c3cc2O1)-c1ccccc1C41CC2CCC1C2. The average molecular weight is 386 g/mol. The smallest absolute Gasteiger partial charge is 0.360 e. The lowest BCUT2D eigenvalue weighted by Gasteiger charge is -2.36. The van der Waals surface area contributed by atoms with Crippen LogP contribution in [0.25, 0.3) is 21.9 Å². The number of ether oxygens (including phenoxy) is 3. The summed E-state index contributed by atoms with van der Waals surface area (Å²) in [7, 11) is 1.56. The summed E-state index contributed by atoms with van der Waals surface area (Å²) < 4.78 is 16.7. The predicted octanol–water partition coefficient (Wildman–Crippen LogP) is 5.33. The van der Waals surface area contributed by atoms with Crippen molar-refractivity contribution in [1.29, 1.82) is 0 Å². The van der Waals surface area contributed by atoms with Crippen LogP contribution in [0.3, 0.4) is 0 Å². The monoisotopic (exact) mass is 386 g/mol. The highest BCUT2D eigenvalue weighted by Gasteiger charge is 2.57. The zero-order valence-electron chi connectivity index (χ0n) is 16.3. The maximum absolute atomic E-state index is 11.1. The molecule has 2 bridgehead atoms. The number of fused-ring (bicyclic) bond motifs is 11. The van der Waals surface area contributed by atoms with Crippen LogP contribution in [0.15, 0.2) is 42.5 Å². The Labute approximate surface area is 169 Å². The largest absolute Gasteiger partial charge is 0.507 e. The second-order valence-corrected chi connectivity index (χ2v) is 9.02. The van der Waals surface area contributed by atoms with Gasteiger partial charge in [0.25, 0.3) is 0 Å². The van der Waals surface area contributed by atoms with Crippen molar-refractivity contribution < 1.29 is 19.3 Å². The fraction of sp³-hybridized carbons (Fsp3) is 0.360. The quantitative estimate of drug-likeness (QED) is 0.614. The molecule has 3 aliphatic carbocycles. The lowest BCUT2D eigenvalue weighted by molar-refractivity contribution is -0.157. The maximum atomic E-state index is 11.1. The first-order valence-corrected chi connectivity index (χ1v) is 10.5. The summed E-state index contributed by atoms with van der Waals surface area (Å²) in [5.41, 5.74) is 5.36. The van der Waals surface area contributed by atoms with Crippen LogP contribution in [-0.4, -0.2) is 18.7 Å². The number of hydrogen-bond donors (Lipinski definition) is 1. The first-order valence-electron chi connectivity index (χ1n) is 10.5. The van der Waals surface area contributed by atoms with Gasteiger partial charge in [-0.25, -0.2) is 0 Å². The van der Waals surface area contributed by atoms with Gasteiger partial charge < -0.3 is 19.3 Å². The van der Waals surface area contributed by atoms with Crippen molar-refractivity contribution in [2.45, 2.75) is 37.6 Å². The minimum Gasteiger partial charge on any atom is -0.507 e. The van der Waals surface area contributed by atoms with Gasteiger partial charge in [-0.15, -0.1) is 0 Å². The van der Waals surface area contributed by atoms with Gasteiger partial charge in [0.15, 0.2) is 11.5 Å². The van der Waals surface area contributed by atoms with Crippen LogP contribution in [0.5, 0.6) is 17.2 Å². The van der Waals surface area contributed by atoms with Gasteiger partial charge in [-0.2, -0.15) is 0 Å². The molecule has 2 fully saturated rings. The lowest BCUT2D eigenvalue weighted by atomic mass is 9.66. The molecule has 146 valence electrons.